The molecule has 5 rings (SSSR count). The Morgan fingerprint density at radius 3 is 2.71 bits per heavy atom. The minimum Gasteiger partial charge on any atom is -0.488 e. The standard InChI is InChI=1S/C25H27ClN2O6/c1-30-10-11-33-25(29)28-9-8-19-20-14-17(26)4-7-21(20)27-23(19)24(28)16-2-5-18(6-3-16)34-15-22-31-12-13-32-22/h2-7,14,22,24,27H,8-13,15H2,1H3. The van der Waals surface area contributed by atoms with Gasteiger partial charge in [0.2, 0.25) is 0 Å². The van der Waals surface area contributed by atoms with Crippen LogP contribution in [0.5, 0.6) is 5.75 Å². The van der Waals surface area contributed by atoms with Crippen LogP contribution in [0, 0.1) is 0 Å². The number of hydrogen-bond acceptors (Lipinski definition) is 6. The summed E-state index contributed by atoms with van der Waals surface area (Å²) in [6, 6.07) is 13.2. The average molecular weight is 487 g/mol. The fourth-order valence-electron chi connectivity index (χ4n) is 4.51. The van der Waals surface area contributed by atoms with Gasteiger partial charge in [-0.15, -0.1) is 0 Å². The van der Waals surface area contributed by atoms with Gasteiger partial charge in [-0.1, -0.05) is 23.7 Å². The molecule has 0 radical (unpaired) electrons. The highest BCUT2D eigenvalue weighted by molar-refractivity contribution is 6.31. The van der Waals surface area contributed by atoms with Crippen molar-refractivity contribution < 1.29 is 28.5 Å². The van der Waals surface area contributed by atoms with Crippen molar-refractivity contribution in [1.82, 2.24) is 9.88 Å². The van der Waals surface area contributed by atoms with E-state index in [1.54, 1.807) is 12.0 Å². The normalized spacial score (nSPS) is 18.3. The van der Waals surface area contributed by atoms with Crippen molar-refractivity contribution in [3.05, 3.63) is 64.3 Å². The van der Waals surface area contributed by atoms with Crippen LogP contribution in [0.1, 0.15) is 22.9 Å². The first-order valence-electron chi connectivity index (χ1n) is 11.3. The van der Waals surface area contributed by atoms with E-state index in [0.717, 1.165) is 22.2 Å². The summed E-state index contributed by atoms with van der Waals surface area (Å²) in [5, 5.41) is 1.76. The van der Waals surface area contributed by atoms with Gasteiger partial charge < -0.3 is 28.7 Å². The third-order valence-corrected chi connectivity index (χ3v) is 6.34. The number of fused-ring (bicyclic) bond motifs is 3. The Hall–Kier alpha value is -2.78. The summed E-state index contributed by atoms with van der Waals surface area (Å²) >= 11 is 6.27. The van der Waals surface area contributed by atoms with Crippen LogP contribution in [0.3, 0.4) is 0 Å². The highest BCUT2D eigenvalue weighted by atomic mass is 35.5. The van der Waals surface area contributed by atoms with Gasteiger partial charge in [-0.05, 0) is 47.9 Å². The zero-order valence-corrected chi connectivity index (χ0v) is 19.7. The van der Waals surface area contributed by atoms with Gasteiger partial charge in [-0.3, -0.25) is 4.90 Å². The van der Waals surface area contributed by atoms with Crippen LogP contribution in [0.15, 0.2) is 42.5 Å². The van der Waals surface area contributed by atoms with E-state index in [2.05, 4.69) is 4.98 Å². The van der Waals surface area contributed by atoms with Gasteiger partial charge in [0.15, 0.2) is 6.29 Å². The monoisotopic (exact) mass is 486 g/mol. The van der Waals surface area contributed by atoms with Crippen LogP contribution in [-0.4, -0.2) is 69.0 Å². The molecule has 1 aromatic heterocycles. The molecule has 3 heterocycles. The van der Waals surface area contributed by atoms with Gasteiger partial charge in [0.1, 0.15) is 25.0 Å². The topological polar surface area (TPSA) is 82.3 Å². The molecular weight excluding hydrogens is 460 g/mol. The quantitative estimate of drug-likeness (QED) is 0.501. The van der Waals surface area contributed by atoms with E-state index in [0.29, 0.717) is 50.2 Å². The molecule has 2 aromatic carbocycles. The number of benzene rings is 2. The van der Waals surface area contributed by atoms with E-state index < -0.39 is 0 Å². The molecule has 0 saturated carbocycles. The second-order valence-electron chi connectivity index (χ2n) is 8.21. The maximum Gasteiger partial charge on any atom is 0.410 e. The minimum atomic E-state index is -0.375. The van der Waals surface area contributed by atoms with E-state index >= 15 is 0 Å². The Labute approximate surface area is 202 Å². The fraction of sp³-hybridized carbons (Fsp3) is 0.400. The molecule has 1 amide bonds. The van der Waals surface area contributed by atoms with Crippen LogP contribution in [0.4, 0.5) is 4.79 Å². The molecule has 0 aliphatic carbocycles. The van der Waals surface area contributed by atoms with E-state index in [9.17, 15) is 4.79 Å². The van der Waals surface area contributed by atoms with E-state index in [-0.39, 0.29) is 25.0 Å². The number of halogens is 1. The van der Waals surface area contributed by atoms with Crippen molar-refractivity contribution >= 4 is 28.6 Å². The second kappa shape index (κ2) is 10.2. The van der Waals surface area contributed by atoms with Crippen molar-refractivity contribution in [1.29, 1.82) is 0 Å². The summed E-state index contributed by atoms with van der Waals surface area (Å²) in [6.45, 7) is 2.57. The van der Waals surface area contributed by atoms with Crippen LogP contribution in [0.2, 0.25) is 5.02 Å². The van der Waals surface area contributed by atoms with Gasteiger partial charge in [0.25, 0.3) is 0 Å². The van der Waals surface area contributed by atoms with E-state index in [4.69, 9.17) is 35.3 Å². The minimum absolute atomic E-state index is 0.200. The zero-order chi connectivity index (χ0) is 23.5. The van der Waals surface area contributed by atoms with Crippen molar-refractivity contribution in [2.24, 2.45) is 0 Å². The number of hydrogen-bond donors (Lipinski definition) is 1. The molecule has 1 saturated heterocycles. The number of rotatable bonds is 7. The molecule has 1 atom stereocenters. The molecule has 2 aliphatic heterocycles. The molecule has 1 unspecified atom stereocenters. The molecule has 1 fully saturated rings. The van der Waals surface area contributed by atoms with Gasteiger partial charge in [-0.25, -0.2) is 4.79 Å². The number of nitrogens with one attached hydrogen (secondary N) is 1. The molecule has 1 N–H and O–H groups in total. The molecule has 8 nitrogen and oxygen atoms in total. The van der Waals surface area contributed by atoms with Crippen molar-refractivity contribution in [2.75, 3.05) is 46.7 Å². The predicted molar refractivity (Wildman–Crippen MR) is 126 cm³/mol. The largest absolute Gasteiger partial charge is 0.488 e. The lowest BCUT2D eigenvalue weighted by atomic mass is 9.92. The van der Waals surface area contributed by atoms with Crippen molar-refractivity contribution in [3.63, 3.8) is 0 Å². The van der Waals surface area contributed by atoms with Gasteiger partial charge in [0.05, 0.1) is 19.8 Å². The Balaban J connectivity index is 1.44. The lowest BCUT2D eigenvalue weighted by Gasteiger charge is -2.35. The first-order chi connectivity index (χ1) is 16.6. The Morgan fingerprint density at radius 2 is 1.94 bits per heavy atom. The summed E-state index contributed by atoms with van der Waals surface area (Å²) in [5.74, 6) is 0.705. The number of amides is 1. The molecule has 0 spiro atoms. The van der Waals surface area contributed by atoms with Crippen molar-refractivity contribution in [3.8, 4) is 5.75 Å². The summed E-state index contributed by atoms with van der Waals surface area (Å²) in [6.07, 6.45) is -0.00919. The van der Waals surface area contributed by atoms with Crippen LogP contribution in [0.25, 0.3) is 10.9 Å². The number of nitrogens with zero attached hydrogens (tertiary/aromatic N) is 1. The number of aromatic nitrogens is 1. The average Bonchev–Trinajstić information content (AvgIpc) is 3.50. The smallest absolute Gasteiger partial charge is 0.410 e. The summed E-state index contributed by atoms with van der Waals surface area (Å²) in [7, 11) is 1.58. The van der Waals surface area contributed by atoms with Gasteiger partial charge in [0, 0.05) is 35.3 Å². The number of H-pyrrole nitrogens is 1. The molecule has 34 heavy (non-hydrogen) atoms. The third-order valence-electron chi connectivity index (χ3n) is 6.11. The van der Waals surface area contributed by atoms with Crippen LogP contribution >= 0.6 is 11.6 Å². The number of aromatic amines is 1. The predicted octanol–water partition coefficient (Wildman–Crippen LogP) is 4.30. The third kappa shape index (κ3) is 4.72. The Kier molecular flexibility index (Phi) is 6.92. The molecule has 180 valence electrons. The van der Waals surface area contributed by atoms with E-state index in [1.807, 2.05) is 42.5 Å². The maximum atomic E-state index is 13.0. The van der Waals surface area contributed by atoms with Crippen LogP contribution in [-0.2, 0) is 25.4 Å². The van der Waals surface area contributed by atoms with Gasteiger partial charge >= 0.3 is 6.09 Å². The highest BCUT2D eigenvalue weighted by Gasteiger charge is 2.35. The number of ether oxygens (including phenoxy) is 5. The molecule has 3 aromatic rings. The van der Waals surface area contributed by atoms with Crippen LogP contribution < -0.4 is 4.74 Å². The lowest BCUT2D eigenvalue weighted by Crippen LogP contribution is -2.41. The zero-order valence-electron chi connectivity index (χ0n) is 18.9. The summed E-state index contributed by atoms with van der Waals surface area (Å²) < 4.78 is 27.2. The molecular formula is C25H27ClN2O6. The van der Waals surface area contributed by atoms with Crippen molar-refractivity contribution in [2.45, 2.75) is 18.8 Å². The first kappa shape index (κ1) is 23.0. The number of carbonyl (C=O) groups excluding carboxylic acids is 1. The second-order valence-corrected chi connectivity index (χ2v) is 8.65. The lowest BCUT2D eigenvalue weighted by molar-refractivity contribution is -0.0684. The maximum absolute atomic E-state index is 13.0. The fourth-order valence-corrected chi connectivity index (χ4v) is 4.69. The summed E-state index contributed by atoms with van der Waals surface area (Å²) in [4.78, 5) is 18.3. The van der Waals surface area contributed by atoms with E-state index in [1.165, 1.54) is 5.56 Å². The molecule has 0 bridgehead atoms. The molecule has 9 heteroatoms. The first-order valence-corrected chi connectivity index (χ1v) is 11.7. The Morgan fingerprint density at radius 1 is 1.15 bits per heavy atom. The Bertz CT molecular complexity index is 1140. The van der Waals surface area contributed by atoms with Gasteiger partial charge in [-0.2, -0.15) is 0 Å². The highest BCUT2D eigenvalue weighted by Crippen LogP contribution is 2.39. The number of carbonyl (C=O) groups is 1. The molecule has 2 aliphatic rings. The SMILES string of the molecule is COCCOC(=O)N1CCc2c([nH]c3ccc(Cl)cc23)C1c1ccc(OCC2OCCO2)cc1. The summed E-state index contributed by atoms with van der Waals surface area (Å²) in [5.41, 5.74) is 4.07. The number of methoxy groups -OCH3 is 1.